The third-order valence-corrected chi connectivity index (χ3v) is 4.53. The lowest BCUT2D eigenvalue weighted by molar-refractivity contribution is 0.101. The van der Waals surface area contributed by atoms with Crippen molar-refractivity contribution in [2.45, 2.75) is 65.1 Å². The predicted octanol–water partition coefficient (Wildman–Crippen LogP) is 2.20. The van der Waals surface area contributed by atoms with Gasteiger partial charge in [-0.2, -0.15) is 5.10 Å². The Morgan fingerprint density at radius 2 is 2.15 bits per heavy atom. The van der Waals surface area contributed by atoms with Crippen molar-refractivity contribution in [3.8, 4) is 0 Å². The second-order valence-corrected chi connectivity index (χ2v) is 6.13. The van der Waals surface area contributed by atoms with Gasteiger partial charge in [-0.05, 0) is 45.7 Å². The lowest BCUT2D eigenvalue weighted by Gasteiger charge is -2.39. The average Bonchev–Trinajstić information content (AvgIpc) is 2.93. The predicted molar refractivity (Wildman–Crippen MR) is 81.3 cm³/mol. The van der Waals surface area contributed by atoms with Gasteiger partial charge in [0.05, 0.1) is 6.54 Å². The molecule has 0 radical (unpaired) electrons. The molecule has 1 aromatic rings. The highest BCUT2D eigenvalue weighted by Crippen LogP contribution is 2.28. The van der Waals surface area contributed by atoms with E-state index >= 15 is 0 Å². The first kappa shape index (κ1) is 15.4. The minimum absolute atomic E-state index is 0.364. The third kappa shape index (κ3) is 3.38. The molecule has 1 fully saturated rings. The largest absolute Gasteiger partial charge is 0.330 e. The van der Waals surface area contributed by atoms with Crippen LogP contribution in [0, 0.1) is 5.92 Å². The fraction of sp³-hybridized carbons (Fsp3) is 0.867. The highest BCUT2D eigenvalue weighted by Gasteiger charge is 2.29. The standard InChI is InChI=1S/C15H29N5/c1-4-19(14-8-6-5-7-13(14)9-16)10-15-17-11-18-20(15)12(2)3/h11-14H,4-10,16H2,1-3H3. The lowest BCUT2D eigenvalue weighted by Crippen LogP contribution is -2.45. The second kappa shape index (κ2) is 7.18. The zero-order valence-corrected chi connectivity index (χ0v) is 13.1. The highest BCUT2D eigenvalue weighted by molar-refractivity contribution is 4.91. The molecule has 0 saturated heterocycles. The van der Waals surface area contributed by atoms with Crippen LogP contribution in [0.1, 0.15) is 58.3 Å². The van der Waals surface area contributed by atoms with E-state index < -0.39 is 0 Å². The first-order valence-corrected chi connectivity index (χ1v) is 7.99. The van der Waals surface area contributed by atoms with Crippen molar-refractivity contribution < 1.29 is 0 Å². The van der Waals surface area contributed by atoms with Gasteiger partial charge in [-0.15, -0.1) is 0 Å². The van der Waals surface area contributed by atoms with E-state index in [1.165, 1.54) is 25.7 Å². The van der Waals surface area contributed by atoms with E-state index in [1.807, 2.05) is 4.68 Å². The van der Waals surface area contributed by atoms with Crippen LogP contribution >= 0.6 is 0 Å². The summed E-state index contributed by atoms with van der Waals surface area (Å²) in [7, 11) is 0. The average molecular weight is 279 g/mol. The van der Waals surface area contributed by atoms with Crippen LogP contribution in [-0.2, 0) is 6.54 Å². The Morgan fingerprint density at radius 1 is 1.40 bits per heavy atom. The molecule has 114 valence electrons. The molecule has 0 amide bonds. The number of nitrogens with zero attached hydrogens (tertiary/aromatic N) is 4. The van der Waals surface area contributed by atoms with Crippen molar-refractivity contribution >= 4 is 0 Å². The lowest BCUT2D eigenvalue weighted by atomic mass is 9.83. The molecule has 2 unspecified atom stereocenters. The van der Waals surface area contributed by atoms with Crippen LogP contribution in [-0.4, -0.2) is 38.8 Å². The van der Waals surface area contributed by atoms with Gasteiger partial charge < -0.3 is 5.73 Å². The van der Waals surface area contributed by atoms with Gasteiger partial charge in [0.25, 0.3) is 0 Å². The summed E-state index contributed by atoms with van der Waals surface area (Å²) in [5.74, 6) is 1.71. The SMILES string of the molecule is CCN(Cc1ncnn1C(C)C)C1CCCCC1CN. The van der Waals surface area contributed by atoms with E-state index in [-0.39, 0.29) is 0 Å². The molecular weight excluding hydrogens is 250 g/mol. The van der Waals surface area contributed by atoms with E-state index in [1.54, 1.807) is 6.33 Å². The third-order valence-electron chi connectivity index (χ3n) is 4.53. The summed E-state index contributed by atoms with van der Waals surface area (Å²) < 4.78 is 2.03. The normalized spacial score (nSPS) is 23.7. The molecule has 2 atom stereocenters. The smallest absolute Gasteiger partial charge is 0.141 e. The van der Waals surface area contributed by atoms with Crippen molar-refractivity contribution in [2.75, 3.05) is 13.1 Å². The minimum Gasteiger partial charge on any atom is -0.330 e. The fourth-order valence-electron chi connectivity index (χ4n) is 3.41. The molecule has 0 aliphatic heterocycles. The van der Waals surface area contributed by atoms with Crippen LogP contribution in [0.25, 0.3) is 0 Å². The zero-order valence-electron chi connectivity index (χ0n) is 13.1. The van der Waals surface area contributed by atoms with Crippen molar-refractivity contribution in [1.29, 1.82) is 0 Å². The van der Waals surface area contributed by atoms with Gasteiger partial charge in [0, 0.05) is 12.1 Å². The van der Waals surface area contributed by atoms with Gasteiger partial charge in [-0.1, -0.05) is 19.8 Å². The summed E-state index contributed by atoms with van der Waals surface area (Å²) in [6, 6.07) is 0.971. The van der Waals surface area contributed by atoms with E-state index in [4.69, 9.17) is 5.73 Å². The summed E-state index contributed by atoms with van der Waals surface area (Å²) in [4.78, 5) is 6.99. The van der Waals surface area contributed by atoms with Crippen molar-refractivity contribution in [3.05, 3.63) is 12.2 Å². The molecule has 2 rings (SSSR count). The van der Waals surface area contributed by atoms with Gasteiger partial charge in [-0.25, -0.2) is 9.67 Å². The number of hydrogen-bond donors (Lipinski definition) is 1. The minimum atomic E-state index is 0.364. The van der Waals surface area contributed by atoms with Gasteiger partial charge >= 0.3 is 0 Å². The number of aromatic nitrogens is 3. The number of nitrogens with two attached hydrogens (primary N) is 1. The summed E-state index contributed by atoms with van der Waals surface area (Å²) in [5.41, 5.74) is 5.98. The fourth-order valence-corrected chi connectivity index (χ4v) is 3.41. The molecule has 1 aliphatic rings. The maximum Gasteiger partial charge on any atom is 0.141 e. The molecule has 0 spiro atoms. The van der Waals surface area contributed by atoms with E-state index in [2.05, 4.69) is 35.8 Å². The van der Waals surface area contributed by atoms with Crippen LogP contribution in [0.5, 0.6) is 0 Å². The Bertz CT molecular complexity index is 401. The first-order valence-electron chi connectivity index (χ1n) is 7.99. The first-order chi connectivity index (χ1) is 9.67. The van der Waals surface area contributed by atoms with E-state index in [0.29, 0.717) is 18.0 Å². The Balaban J connectivity index is 2.09. The molecule has 5 heteroatoms. The monoisotopic (exact) mass is 279 g/mol. The summed E-state index contributed by atoms with van der Waals surface area (Å²) >= 11 is 0. The Morgan fingerprint density at radius 3 is 2.80 bits per heavy atom. The molecule has 5 nitrogen and oxygen atoms in total. The van der Waals surface area contributed by atoms with Crippen molar-refractivity contribution in [1.82, 2.24) is 19.7 Å². The molecule has 1 aliphatic carbocycles. The molecule has 20 heavy (non-hydrogen) atoms. The topological polar surface area (TPSA) is 60.0 Å². The Kier molecular flexibility index (Phi) is 5.54. The Hall–Kier alpha value is -0.940. The number of rotatable bonds is 6. The van der Waals surface area contributed by atoms with E-state index in [9.17, 15) is 0 Å². The highest BCUT2D eigenvalue weighted by atomic mass is 15.4. The maximum atomic E-state index is 5.98. The summed E-state index contributed by atoms with van der Waals surface area (Å²) in [6.07, 6.45) is 6.87. The van der Waals surface area contributed by atoms with Crippen molar-refractivity contribution in [3.63, 3.8) is 0 Å². The van der Waals surface area contributed by atoms with Gasteiger partial charge in [0.1, 0.15) is 12.2 Å². The quantitative estimate of drug-likeness (QED) is 0.867. The van der Waals surface area contributed by atoms with Gasteiger partial charge in [-0.3, -0.25) is 4.90 Å². The molecule has 0 aromatic carbocycles. The molecule has 1 saturated carbocycles. The van der Waals surface area contributed by atoms with Crippen LogP contribution in [0.15, 0.2) is 6.33 Å². The summed E-state index contributed by atoms with van der Waals surface area (Å²) in [6.45, 7) is 9.27. The van der Waals surface area contributed by atoms with Gasteiger partial charge in [0.2, 0.25) is 0 Å². The van der Waals surface area contributed by atoms with Crippen LogP contribution in [0.2, 0.25) is 0 Å². The molecule has 1 heterocycles. The molecule has 0 bridgehead atoms. The van der Waals surface area contributed by atoms with E-state index in [0.717, 1.165) is 25.5 Å². The Labute approximate surface area is 122 Å². The number of hydrogen-bond acceptors (Lipinski definition) is 4. The van der Waals surface area contributed by atoms with Crippen LogP contribution < -0.4 is 5.73 Å². The van der Waals surface area contributed by atoms with Crippen LogP contribution in [0.3, 0.4) is 0 Å². The summed E-state index contributed by atoms with van der Waals surface area (Å²) in [5, 5.41) is 4.34. The molecule has 2 N–H and O–H groups in total. The van der Waals surface area contributed by atoms with Gasteiger partial charge in [0.15, 0.2) is 0 Å². The zero-order chi connectivity index (χ0) is 14.5. The second-order valence-electron chi connectivity index (χ2n) is 6.13. The molecule has 1 aromatic heterocycles. The molecular formula is C15H29N5. The van der Waals surface area contributed by atoms with Crippen LogP contribution in [0.4, 0.5) is 0 Å². The van der Waals surface area contributed by atoms with Crippen molar-refractivity contribution in [2.24, 2.45) is 11.7 Å². The maximum absolute atomic E-state index is 5.98.